The number of halogens is 4. The van der Waals surface area contributed by atoms with E-state index in [0.29, 0.717) is 5.39 Å². The van der Waals surface area contributed by atoms with Crippen LogP contribution in [0.25, 0.3) is 22.3 Å². The molecule has 2 heterocycles. The first-order valence-electron chi connectivity index (χ1n) is 5.64. The summed E-state index contributed by atoms with van der Waals surface area (Å²) in [5.41, 5.74) is -0.128. The summed E-state index contributed by atoms with van der Waals surface area (Å²) in [6.45, 7) is 1.75. The highest BCUT2D eigenvalue weighted by Gasteiger charge is 2.22. The van der Waals surface area contributed by atoms with Crippen molar-refractivity contribution in [3.63, 3.8) is 0 Å². The molecule has 0 saturated carbocycles. The van der Waals surface area contributed by atoms with Gasteiger partial charge in [-0.1, -0.05) is 0 Å². The zero-order valence-corrected chi connectivity index (χ0v) is 10.1. The topological polar surface area (TPSA) is 41.6 Å². The van der Waals surface area contributed by atoms with Gasteiger partial charge in [0.05, 0.1) is 11.3 Å². The van der Waals surface area contributed by atoms with Gasteiger partial charge in [0.25, 0.3) is 0 Å². The molecule has 1 N–H and O–H groups in total. The van der Waals surface area contributed by atoms with Gasteiger partial charge in [-0.15, -0.1) is 0 Å². The fraction of sp³-hybridized carbons (Fsp3) is 0.0769. The van der Waals surface area contributed by atoms with Crippen LogP contribution in [-0.4, -0.2) is 15.2 Å². The zero-order chi connectivity index (χ0) is 14.4. The van der Waals surface area contributed by atoms with Gasteiger partial charge in [0.2, 0.25) is 0 Å². The van der Waals surface area contributed by atoms with Crippen LogP contribution in [0.15, 0.2) is 18.2 Å². The quantitative estimate of drug-likeness (QED) is 0.548. The van der Waals surface area contributed by atoms with E-state index in [9.17, 15) is 17.6 Å². The standard InChI is InChI=1S/C13H7F4N3/c1-5-6-2-3-9(18-13(6)20-19-5)10-11(16)7(14)4-8(15)12(10)17/h2-4H,1H3,(H,18,19,20). The first kappa shape index (κ1) is 12.6. The van der Waals surface area contributed by atoms with Gasteiger partial charge in [-0.05, 0) is 19.1 Å². The predicted molar refractivity (Wildman–Crippen MR) is 63.9 cm³/mol. The molecule has 2 aromatic heterocycles. The van der Waals surface area contributed by atoms with E-state index >= 15 is 0 Å². The molecule has 0 spiro atoms. The van der Waals surface area contributed by atoms with Crippen molar-refractivity contribution in [3.8, 4) is 11.3 Å². The predicted octanol–water partition coefficient (Wildman–Crippen LogP) is 3.49. The van der Waals surface area contributed by atoms with Gasteiger partial charge < -0.3 is 0 Å². The molecule has 0 aliphatic rings. The Morgan fingerprint density at radius 3 is 2.30 bits per heavy atom. The molecule has 3 aromatic rings. The van der Waals surface area contributed by atoms with Crippen molar-refractivity contribution >= 4 is 11.0 Å². The third-order valence-electron chi connectivity index (χ3n) is 2.98. The summed E-state index contributed by atoms with van der Waals surface area (Å²) in [6.07, 6.45) is 0. The molecule has 0 aliphatic heterocycles. The maximum atomic E-state index is 13.7. The SMILES string of the molecule is Cc1[nH]nc2nc(-c3c(F)c(F)cc(F)c3F)ccc12. The van der Waals surface area contributed by atoms with Gasteiger partial charge in [-0.25, -0.2) is 22.5 Å². The Morgan fingerprint density at radius 1 is 1.00 bits per heavy atom. The fourth-order valence-electron chi connectivity index (χ4n) is 1.96. The molecule has 0 unspecified atom stereocenters. The van der Waals surface area contributed by atoms with Gasteiger partial charge in [0.15, 0.2) is 28.9 Å². The van der Waals surface area contributed by atoms with Crippen molar-refractivity contribution < 1.29 is 17.6 Å². The van der Waals surface area contributed by atoms with Gasteiger partial charge >= 0.3 is 0 Å². The molecular formula is C13H7F4N3. The summed E-state index contributed by atoms with van der Waals surface area (Å²) >= 11 is 0. The van der Waals surface area contributed by atoms with Crippen LogP contribution in [0, 0.1) is 30.2 Å². The van der Waals surface area contributed by atoms with Crippen LogP contribution < -0.4 is 0 Å². The van der Waals surface area contributed by atoms with Crippen molar-refractivity contribution in [2.24, 2.45) is 0 Å². The van der Waals surface area contributed by atoms with Crippen LogP contribution in [0.2, 0.25) is 0 Å². The van der Waals surface area contributed by atoms with E-state index in [1.54, 1.807) is 6.92 Å². The largest absolute Gasteiger partial charge is 0.280 e. The molecule has 7 heteroatoms. The molecule has 0 atom stereocenters. The van der Waals surface area contributed by atoms with E-state index in [0.717, 1.165) is 5.69 Å². The van der Waals surface area contributed by atoms with Crippen LogP contribution >= 0.6 is 0 Å². The average molecular weight is 281 g/mol. The number of aryl methyl sites for hydroxylation is 1. The highest BCUT2D eigenvalue weighted by Crippen LogP contribution is 2.29. The van der Waals surface area contributed by atoms with E-state index in [1.807, 2.05) is 0 Å². The summed E-state index contributed by atoms with van der Waals surface area (Å²) in [6, 6.07) is 2.97. The number of pyridine rings is 1. The average Bonchev–Trinajstić information content (AvgIpc) is 2.78. The van der Waals surface area contributed by atoms with Gasteiger partial charge in [-0.3, -0.25) is 5.10 Å². The third-order valence-corrected chi connectivity index (χ3v) is 2.98. The molecule has 3 rings (SSSR count). The minimum atomic E-state index is -1.48. The van der Waals surface area contributed by atoms with Crippen LogP contribution in [0.1, 0.15) is 5.69 Å². The van der Waals surface area contributed by atoms with Gasteiger partial charge in [0.1, 0.15) is 0 Å². The Morgan fingerprint density at radius 2 is 1.65 bits per heavy atom. The lowest BCUT2D eigenvalue weighted by Gasteiger charge is -2.06. The minimum absolute atomic E-state index is 0.158. The van der Waals surface area contributed by atoms with E-state index < -0.39 is 28.8 Å². The highest BCUT2D eigenvalue weighted by molar-refractivity contribution is 5.80. The molecule has 0 fully saturated rings. The minimum Gasteiger partial charge on any atom is -0.280 e. The van der Waals surface area contributed by atoms with Crippen molar-refractivity contribution in [1.82, 2.24) is 15.2 Å². The lowest BCUT2D eigenvalue weighted by atomic mass is 10.1. The van der Waals surface area contributed by atoms with Crippen molar-refractivity contribution in [3.05, 3.63) is 47.2 Å². The first-order chi connectivity index (χ1) is 9.49. The molecule has 0 saturated heterocycles. The number of rotatable bonds is 1. The summed E-state index contributed by atoms with van der Waals surface area (Å²) in [4.78, 5) is 3.91. The van der Waals surface area contributed by atoms with Gasteiger partial charge in [0, 0.05) is 17.1 Å². The Labute approximate surface area is 110 Å². The maximum Gasteiger partial charge on any atom is 0.181 e. The number of benzene rings is 1. The Bertz CT molecular complexity index is 800. The monoisotopic (exact) mass is 281 g/mol. The van der Waals surface area contributed by atoms with Crippen LogP contribution in [0.3, 0.4) is 0 Å². The first-order valence-corrected chi connectivity index (χ1v) is 5.64. The van der Waals surface area contributed by atoms with E-state index in [4.69, 9.17) is 0 Å². The van der Waals surface area contributed by atoms with Crippen molar-refractivity contribution in [1.29, 1.82) is 0 Å². The highest BCUT2D eigenvalue weighted by atomic mass is 19.2. The number of hydrogen-bond acceptors (Lipinski definition) is 2. The third kappa shape index (κ3) is 1.74. The molecule has 0 bridgehead atoms. The Hall–Kier alpha value is -2.44. The number of aromatic amines is 1. The molecule has 102 valence electrons. The van der Waals surface area contributed by atoms with E-state index in [-0.39, 0.29) is 17.4 Å². The summed E-state index contributed by atoms with van der Waals surface area (Å²) in [5.74, 6) is -5.91. The summed E-state index contributed by atoms with van der Waals surface area (Å²) in [5, 5.41) is 7.16. The van der Waals surface area contributed by atoms with Crippen molar-refractivity contribution in [2.45, 2.75) is 6.92 Å². The second-order valence-corrected chi connectivity index (χ2v) is 4.26. The second-order valence-electron chi connectivity index (χ2n) is 4.26. The van der Waals surface area contributed by atoms with Crippen LogP contribution in [0.4, 0.5) is 17.6 Å². The molecular weight excluding hydrogens is 274 g/mol. The van der Waals surface area contributed by atoms with Gasteiger partial charge in [-0.2, -0.15) is 5.10 Å². The van der Waals surface area contributed by atoms with E-state index in [2.05, 4.69) is 15.2 Å². The molecule has 3 nitrogen and oxygen atoms in total. The molecule has 0 radical (unpaired) electrons. The number of aromatic nitrogens is 3. The number of nitrogens with one attached hydrogen (secondary N) is 1. The lowest BCUT2D eigenvalue weighted by molar-refractivity contribution is 0.458. The lowest BCUT2D eigenvalue weighted by Crippen LogP contribution is -2.00. The summed E-state index contributed by atoms with van der Waals surface area (Å²) in [7, 11) is 0. The Kier molecular flexibility index (Phi) is 2.70. The summed E-state index contributed by atoms with van der Waals surface area (Å²) < 4.78 is 53.8. The number of fused-ring (bicyclic) bond motifs is 1. The second kappa shape index (κ2) is 4.29. The number of hydrogen-bond donors (Lipinski definition) is 1. The van der Waals surface area contributed by atoms with Crippen LogP contribution in [-0.2, 0) is 0 Å². The van der Waals surface area contributed by atoms with Crippen molar-refractivity contribution in [2.75, 3.05) is 0 Å². The normalized spacial score (nSPS) is 11.2. The molecule has 0 amide bonds. The number of H-pyrrole nitrogens is 1. The fourth-order valence-corrected chi connectivity index (χ4v) is 1.96. The van der Waals surface area contributed by atoms with E-state index in [1.165, 1.54) is 12.1 Å². The zero-order valence-electron chi connectivity index (χ0n) is 10.1. The Balaban J connectivity index is 2.30. The molecule has 0 aliphatic carbocycles. The smallest absolute Gasteiger partial charge is 0.181 e. The maximum absolute atomic E-state index is 13.7. The number of nitrogens with zero attached hydrogens (tertiary/aromatic N) is 2. The van der Waals surface area contributed by atoms with Crippen LogP contribution in [0.5, 0.6) is 0 Å². The molecule has 20 heavy (non-hydrogen) atoms. The molecule has 1 aromatic carbocycles.